The molecule has 0 spiro atoms. The maximum atomic E-state index is 12.1. The van der Waals surface area contributed by atoms with Crippen LogP contribution in [0, 0.1) is 33.1 Å². The molecule has 3 nitrogen and oxygen atoms in total. The van der Waals surface area contributed by atoms with Gasteiger partial charge in [-0.05, 0) is 31.9 Å². The largest absolute Gasteiger partial charge is 0.241 e. The summed E-state index contributed by atoms with van der Waals surface area (Å²) in [6.07, 6.45) is 5.48. The first-order valence-corrected chi connectivity index (χ1v) is 6.88. The van der Waals surface area contributed by atoms with E-state index in [0.29, 0.717) is 11.3 Å². The number of aryl methyl sites for hydroxylation is 3. The van der Waals surface area contributed by atoms with E-state index in [1.807, 2.05) is 19.1 Å². The van der Waals surface area contributed by atoms with Crippen LogP contribution in [0.1, 0.15) is 23.1 Å². The zero-order valence-electron chi connectivity index (χ0n) is 10.4. The van der Waals surface area contributed by atoms with Crippen LogP contribution in [0.3, 0.4) is 0 Å². The Labute approximate surface area is 103 Å². The van der Waals surface area contributed by atoms with E-state index in [-0.39, 0.29) is 6.54 Å². The highest BCUT2D eigenvalue weighted by molar-refractivity contribution is 7.89. The van der Waals surface area contributed by atoms with Crippen molar-refractivity contribution in [3.63, 3.8) is 0 Å². The summed E-state index contributed by atoms with van der Waals surface area (Å²) in [5, 5.41) is 0. The number of hydrogen-bond donors (Lipinski definition) is 1. The van der Waals surface area contributed by atoms with Gasteiger partial charge in [-0.1, -0.05) is 17.7 Å². The average Bonchev–Trinajstić information content (AvgIpc) is 2.15. The number of sulfonamides is 1. The fraction of sp³-hybridized carbons (Fsp3) is 0.385. The Morgan fingerprint density at radius 1 is 1.24 bits per heavy atom. The lowest BCUT2D eigenvalue weighted by molar-refractivity contribution is 0.581. The second kappa shape index (κ2) is 5.35. The molecule has 17 heavy (non-hydrogen) atoms. The van der Waals surface area contributed by atoms with Crippen LogP contribution in [0.15, 0.2) is 17.0 Å². The van der Waals surface area contributed by atoms with Crippen molar-refractivity contribution < 1.29 is 8.42 Å². The molecule has 0 aromatic heterocycles. The summed E-state index contributed by atoms with van der Waals surface area (Å²) in [5.74, 6) is 2.40. The minimum atomic E-state index is -3.46. The summed E-state index contributed by atoms with van der Waals surface area (Å²) in [4.78, 5) is 0.361. The molecule has 0 atom stereocenters. The molecule has 0 saturated carbocycles. The molecule has 0 radical (unpaired) electrons. The Morgan fingerprint density at radius 2 is 1.76 bits per heavy atom. The first kappa shape index (κ1) is 13.8. The van der Waals surface area contributed by atoms with Crippen molar-refractivity contribution in [2.45, 2.75) is 32.1 Å². The molecule has 0 heterocycles. The van der Waals surface area contributed by atoms with Crippen LogP contribution in [-0.4, -0.2) is 15.0 Å². The molecule has 1 N–H and O–H groups in total. The van der Waals surface area contributed by atoms with Gasteiger partial charge in [-0.15, -0.1) is 12.3 Å². The van der Waals surface area contributed by atoms with E-state index in [2.05, 4.69) is 10.6 Å². The van der Waals surface area contributed by atoms with Gasteiger partial charge >= 0.3 is 0 Å². The van der Waals surface area contributed by atoms with Gasteiger partial charge in [0.25, 0.3) is 0 Å². The maximum Gasteiger partial charge on any atom is 0.241 e. The topological polar surface area (TPSA) is 46.2 Å². The molecule has 1 aromatic carbocycles. The molecule has 0 amide bonds. The molecule has 0 aliphatic heterocycles. The summed E-state index contributed by atoms with van der Waals surface area (Å²) < 4.78 is 26.7. The fourth-order valence-corrected chi connectivity index (χ4v) is 3.40. The zero-order chi connectivity index (χ0) is 13.1. The lowest BCUT2D eigenvalue weighted by atomic mass is 10.1. The van der Waals surface area contributed by atoms with Crippen molar-refractivity contribution in [3.05, 3.63) is 28.8 Å². The highest BCUT2D eigenvalue weighted by Crippen LogP contribution is 2.21. The van der Waals surface area contributed by atoms with Crippen LogP contribution in [0.25, 0.3) is 0 Å². The Hall–Kier alpha value is -1.31. The second-order valence-corrected chi connectivity index (χ2v) is 5.78. The molecule has 0 bridgehead atoms. The van der Waals surface area contributed by atoms with Crippen LogP contribution >= 0.6 is 0 Å². The lowest BCUT2D eigenvalue weighted by Gasteiger charge is -2.12. The highest BCUT2D eigenvalue weighted by atomic mass is 32.2. The average molecular weight is 251 g/mol. The van der Waals surface area contributed by atoms with E-state index in [4.69, 9.17) is 6.42 Å². The summed E-state index contributed by atoms with van der Waals surface area (Å²) in [6, 6.07) is 3.73. The van der Waals surface area contributed by atoms with Crippen molar-refractivity contribution in [3.8, 4) is 12.3 Å². The minimum Gasteiger partial charge on any atom is -0.210 e. The minimum absolute atomic E-state index is 0.269. The van der Waals surface area contributed by atoms with Gasteiger partial charge in [0.05, 0.1) is 4.90 Å². The van der Waals surface area contributed by atoms with Crippen molar-refractivity contribution in [1.29, 1.82) is 0 Å². The van der Waals surface area contributed by atoms with Gasteiger partial charge in [0, 0.05) is 13.0 Å². The molecular formula is C13H17NO2S. The maximum absolute atomic E-state index is 12.1. The lowest BCUT2D eigenvalue weighted by Crippen LogP contribution is -2.26. The van der Waals surface area contributed by atoms with Crippen LogP contribution in [0.4, 0.5) is 0 Å². The molecular weight excluding hydrogens is 234 g/mol. The molecule has 0 unspecified atom stereocenters. The van der Waals surface area contributed by atoms with Gasteiger partial charge in [-0.3, -0.25) is 0 Å². The highest BCUT2D eigenvalue weighted by Gasteiger charge is 2.18. The molecule has 0 aliphatic carbocycles. The molecule has 92 valence electrons. The smallest absolute Gasteiger partial charge is 0.210 e. The normalized spacial score (nSPS) is 11.2. The Morgan fingerprint density at radius 3 is 2.24 bits per heavy atom. The molecule has 1 rings (SSSR count). The standard InChI is InChI=1S/C13H17NO2S/c1-5-6-7-14-17(15,16)13-11(3)8-10(2)9-12(13)4/h1,8-9,14H,6-7H2,2-4H3. The first-order valence-electron chi connectivity index (χ1n) is 5.39. The Balaban J connectivity index is 3.12. The third-order valence-electron chi connectivity index (χ3n) is 2.43. The number of terminal acetylenes is 1. The van der Waals surface area contributed by atoms with Gasteiger partial charge in [0.15, 0.2) is 0 Å². The Bertz CT molecular complexity index is 530. The third kappa shape index (κ3) is 3.32. The number of benzene rings is 1. The summed E-state index contributed by atoms with van der Waals surface area (Å²) in [7, 11) is -3.46. The number of rotatable bonds is 4. The third-order valence-corrected chi connectivity index (χ3v) is 4.20. The van der Waals surface area contributed by atoms with Crippen molar-refractivity contribution in [2.75, 3.05) is 6.54 Å². The van der Waals surface area contributed by atoms with Crippen molar-refractivity contribution in [2.24, 2.45) is 0 Å². The second-order valence-electron chi connectivity index (χ2n) is 4.08. The first-order chi connectivity index (χ1) is 7.88. The van der Waals surface area contributed by atoms with E-state index < -0.39 is 10.0 Å². The van der Waals surface area contributed by atoms with E-state index >= 15 is 0 Å². The van der Waals surface area contributed by atoms with Crippen LogP contribution in [0.2, 0.25) is 0 Å². The van der Waals surface area contributed by atoms with Gasteiger partial charge in [0.1, 0.15) is 0 Å². The predicted molar refractivity (Wildman–Crippen MR) is 69.3 cm³/mol. The molecule has 0 fully saturated rings. The van der Waals surface area contributed by atoms with Gasteiger partial charge in [0.2, 0.25) is 10.0 Å². The fourth-order valence-electron chi connectivity index (χ4n) is 1.92. The molecule has 1 aromatic rings. The summed E-state index contributed by atoms with van der Waals surface area (Å²) >= 11 is 0. The van der Waals surface area contributed by atoms with E-state index in [1.165, 1.54) is 0 Å². The van der Waals surface area contributed by atoms with Gasteiger partial charge in [-0.2, -0.15) is 0 Å². The van der Waals surface area contributed by atoms with Crippen LogP contribution in [0.5, 0.6) is 0 Å². The molecule has 0 saturated heterocycles. The number of nitrogens with one attached hydrogen (secondary N) is 1. The Kier molecular flexibility index (Phi) is 4.33. The summed E-state index contributed by atoms with van der Waals surface area (Å²) in [5.41, 5.74) is 2.58. The zero-order valence-corrected chi connectivity index (χ0v) is 11.2. The van der Waals surface area contributed by atoms with E-state index in [9.17, 15) is 8.42 Å². The predicted octanol–water partition coefficient (Wildman–Crippen LogP) is 1.91. The van der Waals surface area contributed by atoms with Gasteiger partial charge in [-0.25, -0.2) is 13.1 Å². The van der Waals surface area contributed by atoms with E-state index in [1.54, 1.807) is 13.8 Å². The van der Waals surface area contributed by atoms with Crippen LogP contribution in [-0.2, 0) is 10.0 Å². The summed E-state index contributed by atoms with van der Waals surface area (Å²) in [6.45, 7) is 5.82. The molecule has 0 aliphatic rings. The SMILES string of the molecule is C#CCCNS(=O)(=O)c1c(C)cc(C)cc1C. The van der Waals surface area contributed by atoms with Crippen molar-refractivity contribution in [1.82, 2.24) is 4.72 Å². The van der Waals surface area contributed by atoms with E-state index in [0.717, 1.165) is 16.7 Å². The van der Waals surface area contributed by atoms with Crippen molar-refractivity contribution >= 4 is 10.0 Å². The monoisotopic (exact) mass is 251 g/mol. The molecule has 4 heteroatoms. The van der Waals surface area contributed by atoms with Gasteiger partial charge < -0.3 is 0 Å². The van der Waals surface area contributed by atoms with Crippen LogP contribution < -0.4 is 4.72 Å². The quantitative estimate of drug-likeness (QED) is 0.656. The number of hydrogen-bond acceptors (Lipinski definition) is 2.